The highest BCUT2D eigenvalue weighted by Gasteiger charge is 2.14. The van der Waals surface area contributed by atoms with Crippen LogP contribution < -0.4 is 5.32 Å². The van der Waals surface area contributed by atoms with Crippen molar-refractivity contribution >= 4 is 17.5 Å². The number of benzene rings is 1. The highest BCUT2D eigenvalue weighted by atomic mass is 35.5. The fourth-order valence-corrected chi connectivity index (χ4v) is 2.05. The summed E-state index contributed by atoms with van der Waals surface area (Å²) in [6.07, 6.45) is 0.711. The van der Waals surface area contributed by atoms with Crippen molar-refractivity contribution in [1.29, 1.82) is 0 Å². The first-order valence-corrected chi connectivity index (χ1v) is 6.41. The minimum atomic E-state index is -0.230. The van der Waals surface area contributed by atoms with Crippen molar-refractivity contribution in [2.45, 2.75) is 26.3 Å². The van der Waals surface area contributed by atoms with Crippen LogP contribution in [-0.4, -0.2) is 17.1 Å². The molecule has 0 saturated heterocycles. The zero-order valence-corrected chi connectivity index (χ0v) is 11.6. The number of nitrogens with one attached hydrogen (secondary N) is 1. The van der Waals surface area contributed by atoms with Crippen LogP contribution in [0.2, 0.25) is 5.02 Å². The summed E-state index contributed by atoms with van der Waals surface area (Å²) in [6.45, 7) is 3.69. The van der Waals surface area contributed by atoms with Crippen LogP contribution in [0.1, 0.15) is 28.7 Å². The molecule has 0 aliphatic heterocycles. The molecule has 0 aliphatic rings. The summed E-state index contributed by atoms with van der Waals surface area (Å²) in [5.74, 6) is 0.388. The van der Waals surface area contributed by atoms with Crippen LogP contribution >= 0.6 is 11.6 Å². The Kier molecular flexibility index (Phi) is 4.22. The number of hydrogen-bond acceptors (Lipinski definition) is 3. The van der Waals surface area contributed by atoms with Gasteiger partial charge in [-0.25, -0.2) is 0 Å². The van der Waals surface area contributed by atoms with Gasteiger partial charge in [-0.2, -0.15) is 0 Å². The van der Waals surface area contributed by atoms with Gasteiger partial charge in [0.05, 0.1) is 0 Å². The Morgan fingerprint density at radius 3 is 2.89 bits per heavy atom. The van der Waals surface area contributed by atoms with Crippen LogP contribution in [0.3, 0.4) is 0 Å². The van der Waals surface area contributed by atoms with E-state index in [1.807, 2.05) is 31.2 Å². The molecule has 0 bridgehead atoms. The van der Waals surface area contributed by atoms with Crippen molar-refractivity contribution in [1.82, 2.24) is 10.5 Å². The smallest absolute Gasteiger partial charge is 0.273 e. The summed E-state index contributed by atoms with van der Waals surface area (Å²) in [5.41, 5.74) is 1.38. The number of halogens is 1. The lowest BCUT2D eigenvalue weighted by Gasteiger charge is -2.12. The molecule has 2 aromatic rings. The molecule has 0 fully saturated rings. The van der Waals surface area contributed by atoms with E-state index in [0.717, 1.165) is 5.56 Å². The van der Waals surface area contributed by atoms with E-state index in [-0.39, 0.29) is 11.9 Å². The maximum absolute atomic E-state index is 11.9. The zero-order chi connectivity index (χ0) is 13.8. The Bertz CT molecular complexity index is 580. The van der Waals surface area contributed by atoms with Crippen LogP contribution in [0.5, 0.6) is 0 Å². The van der Waals surface area contributed by atoms with E-state index in [1.54, 1.807) is 13.0 Å². The minimum absolute atomic E-state index is 0.0111. The van der Waals surface area contributed by atoms with Gasteiger partial charge < -0.3 is 9.84 Å². The summed E-state index contributed by atoms with van der Waals surface area (Å²) in [5, 5.41) is 7.25. The van der Waals surface area contributed by atoms with Gasteiger partial charge in [0.2, 0.25) is 0 Å². The maximum atomic E-state index is 11.9. The molecule has 1 atom stereocenters. The normalized spacial score (nSPS) is 12.2. The van der Waals surface area contributed by atoms with Gasteiger partial charge in [0.15, 0.2) is 5.69 Å². The van der Waals surface area contributed by atoms with Gasteiger partial charge in [-0.3, -0.25) is 4.79 Å². The van der Waals surface area contributed by atoms with E-state index >= 15 is 0 Å². The molecule has 0 saturated carbocycles. The lowest BCUT2D eigenvalue weighted by Crippen LogP contribution is -2.34. The number of hydrogen-bond donors (Lipinski definition) is 1. The molecular formula is C14H15ClN2O2. The average molecular weight is 279 g/mol. The second-order valence-corrected chi connectivity index (χ2v) is 4.97. The largest absolute Gasteiger partial charge is 0.361 e. The van der Waals surface area contributed by atoms with E-state index < -0.39 is 0 Å². The summed E-state index contributed by atoms with van der Waals surface area (Å²) in [4.78, 5) is 11.9. The minimum Gasteiger partial charge on any atom is -0.361 e. The van der Waals surface area contributed by atoms with Gasteiger partial charge in [-0.1, -0.05) is 28.9 Å². The molecule has 1 aromatic carbocycles. The van der Waals surface area contributed by atoms with Crippen LogP contribution in [-0.2, 0) is 6.42 Å². The molecule has 1 N–H and O–H groups in total. The summed E-state index contributed by atoms with van der Waals surface area (Å²) in [6, 6.07) is 9.20. The third kappa shape index (κ3) is 3.83. The SMILES string of the molecule is Cc1cc(C(=O)N[C@H](C)Cc2cccc(Cl)c2)no1. The number of nitrogens with zero attached hydrogens (tertiary/aromatic N) is 1. The molecule has 1 aromatic heterocycles. The number of rotatable bonds is 4. The Morgan fingerprint density at radius 1 is 1.47 bits per heavy atom. The molecule has 19 heavy (non-hydrogen) atoms. The molecule has 0 radical (unpaired) electrons. The van der Waals surface area contributed by atoms with Crippen molar-refractivity contribution in [3.63, 3.8) is 0 Å². The maximum Gasteiger partial charge on any atom is 0.273 e. The van der Waals surface area contributed by atoms with Gasteiger partial charge in [-0.05, 0) is 38.0 Å². The molecule has 0 aliphatic carbocycles. The van der Waals surface area contributed by atoms with Crippen molar-refractivity contribution in [2.24, 2.45) is 0 Å². The molecule has 0 unspecified atom stereocenters. The second-order valence-electron chi connectivity index (χ2n) is 4.53. The molecule has 2 rings (SSSR count). The lowest BCUT2D eigenvalue weighted by molar-refractivity contribution is 0.0931. The first-order chi connectivity index (χ1) is 9.04. The van der Waals surface area contributed by atoms with Crippen molar-refractivity contribution in [3.8, 4) is 0 Å². The third-order valence-electron chi connectivity index (χ3n) is 2.67. The Morgan fingerprint density at radius 2 is 2.26 bits per heavy atom. The van der Waals surface area contributed by atoms with E-state index in [1.165, 1.54) is 0 Å². The molecule has 100 valence electrons. The van der Waals surface area contributed by atoms with Gasteiger partial charge >= 0.3 is 0 Å². The third-order valence-corrected chi connectivity index (χ3v) is 2.90. The van der Waals surface area contributed by atoms with Gasteiger partial charge in [0, 0.05) is 17.1 Å². The first-order valence-electron chi connectivity index (χ1n) is 6.03. The standard InChI is InChI=1S/C14H15ClN2O2/c1-9(6-11-4-3-5-12(15)8-11)16-14(18)13-7-10(2)19-17-13/h3-5,7-9H,6H2,1-2H3,(H,16,18)/t9-/m1/s1. The van der Waals surface area contributed by atoms with E-state index in [2.05, 4.69) is 10.5 Å². The van der Waals surface area contributed by atoms with Crippen LogP contribution in [0.4, 0.5) is 0 Å². The van der Waals surface area contributed by atoms with Crippen LogP contribution in [0.25, 0.3) is 0 Å². The summed E-state index contributed by atoms with van der Waals surface area (Å²) >= 11 is 5.92. The quantitative estimate of drug-likeness (QED) is 0.935. The van der Waals surface area contributed by atoms with E-state index in [4.69, 9.17) is 16.1 Å². The molecular weight excluding hydrogens is 264 g/mol. The molecule has 4 nitrogen and oxygen atoms in total. The zero-order valence-electron chi connectivity index (χ0n) is 10.8. The number of aromatic nitrogens is 1. The van der Waals surface area contributed by atoms with Gasteiger partial charge in [0.1, 0.15) is 5.76 Å². The van der Waals surface area contributed by atoms with Crippen LogP contribution in [0, 0.1) is 6.92 Å². The monoisotopic (exact) mass is 278 g/mol. The fourth-order valence-electron chi connectivity index (χ4n) is 1.84. The van der Waals surface area contributed by atoms with E-state index in [0.29, 0.717) is 22.9 Å². The van der Waals surface area contributed by atoms with Crippen molar-refractivity contribution in [2.75, 3.05) is 0 Å². The predicted molar refractivity (Wildman–Crippen MR) is 73.3 cm³/mol. The summed E-state index contributed by atoms with van der Waals surface area (Å²) < 4.78 is 4.87. The van der Waals surface area contributed by atoms with Gasteiger partial charge in [0.25, 0.3) is 5.91 Å². The lowest BCUT2D eigenvalue weighted by atomic mass is 10.1. The highest BCUT2D eigenvalue weighted by Crippen LogP contribution is 2.12. The number of carbonyl (C=O) groups excluding carboxylic acids is 1. The average Bonchev–Trinajstić information content (AvgIpc) is 2.75. The van der Waals surface area contributed by atoms with Crippen molar-refractivity contribution < 1.29 is 9.32 Å². The van der Waals surface area contributed by atoms with Gasteiger partial charge in [-0.15, -0.1) is 0 Å². The predicted octanol–water partition coefficient (Wildman–Crippen LogP) is 3.00. The van der Waals surface area contributed by atoms with E-state index in [9.17, 15) is 4.79 Å². The highest BCUT2D eigenvalue weighted by molar-refractivity contribution is 6.30. The Balaban J connectivity index is 1.94. The fraction of sp³-hybridized carbons (Fsp3) is 0.286. The Hall–Kier alpha value is -1.81. The number of amides is 1. The van der Waals surface area contributed by atoms with Crippen LogP contribution in [0.15, 0.2) is 34.9 Å². The molecule has 1 amide bonds. The first kappa shape index (κ1) is 13.6. The number of carbonyl (C=O) groups is 1. The second kappa shape index (κ2) is 5.89. The molecule has 0 spiro atoms. The summed E-state index contributed by atoms with van der Waals surface area (Å²) in [7, 11) is 0. The van der Waals surface area contributed by atoms with Crippen molar-refractivity contribution in [3.05, 3.63) is 52.4 Å². The molecule has 5 heteroatoms. The Labute approximate surface area is 116 Å². The molecule has 1 heterocycles. The number of aryl methyl sites for hydroxylation is 1. The topological polar surface area (TPSA) is 55.1 Å².